The highest BCUT2D eigenvalue weighted by Crippen LogP contribution is 2.21. The highest BCUT2D eigenvalue weighted by atomic mass is 16.5. The number of nitrogens with one attached hydrogen (secondary N) is 1. The summed E-state index contributed by atoms with van der Waals surface area (Å²) < 4.78 is 14.0. The molecule has 1 rings (SSSR count). The molecular weight excluding hydrogens is 354 g/mol. The molecule has 8 nitrogen and oxygen atoms in total. The maximum atomic E-state index is 12.6. The number of aryl methyl sites for hydroxylation is 2. The van der Waals surface area contributed by atoms with E-state index < -0.39 is 41.7 Å². The van der Waals surface area contributed by atoms with Crippen LogP contribution in [0.4, 0.5) is 0 Å². The number of esters is 3. The molecule has 0 saturated carbocycles. The Morgan fingerprint density at radius 1 is 0.815 bits per heavy atom. The number of hydrogen-bond acceptors (Lipinski definition) is 7. The third-order valence-electron chi connectivity index (χ3n) is 4.19. The molecule has 0 aliphatic carbocycles. The van der Waals surface area contributed by atoms with Crippen LogP contribution in [0.3, 0.4) is 0 Å². The van der Waals surface area contributed by atoms with Crippen LogP contribution in [0.25, 0.3) is 0 Å². The van der Waals surface area contributed by atoms with Crippen LogP contribution in [0.5, 0.6) is 0 Å². The molecule has 0 saturated heterocycles. The van der Waals surface area contributed by atoms with Crippen LogP contribution in [0.1, 0.15) is 28.4 Å². The Kier molecular flexibility index (Phi) is 7.96. The first kappa shape index (κ1) is 22.1. The summed E-state index contributed by atoms with van der Waals surface area (Å²) in [5, 5.41) is 2.55. The van der Waals surface area contributed by atoms with Gasteiger partial charge in [0.1, 0.15) is 6.04 Å². The zero-order valence-corrected chi connectivity index (χ0v) is 16.3. The Labute approximate surface area is 158 Å². The molecule has 0 unspecified atom stereocenters. The first-order chi connectivity index (χ1) is 12.7. The van der Waals surface area contributed by atoms with Crippen molar-refractivity contribution in [2.24, 2.45) is 11.8 Å². The van der Waals surface area contributed by atoms with E-state index >= 15 is 0 Å². The van der Waals surface area contributed by atoms with Crippen LogP contribution in [-0.4, -0.2) is 51.2 Å². The molecule has 0 heterocycles. The second-order valence-electron chi connectivity index (χ2n) is 6.23. The number of carbonyl (C=O) groups excluding carboxylic acids is 4. The third kappa shape index (κ3) is 5.54. The molecule has 0 radical (unpaired) electrons. The minimum absolute atomic E-state index is 0.348. The number of carbonyl (C=O) groups is 4. The van der Waals surface area contributed by atoms with Gasteiger partial charge in [-0.05, 0) is 26.0 Å². The van der Waals surface area contributed by atoms with Crippen molar-refractivity contribution in [3.63, 3.8) is 0 Å². The maximum Gasteiger partial charge on any atom is 0.328 e. The van der Waals surface area contributed by atoms with Crippen LogP contribution in [-0.2, 0) is 28.6 Å². The molecule has 27 heavy (non-hydrogen) atoms. The van der Waals surface area contributed by atoms with Crippen molar-refractivity contribution in [1.82, 2.24) is 5.32 Å². The Morgan fingerprint density at radius 3 is 1.67 bits per heavy atom. The van der Waals surface area contributed by atoms with Gasteiger partial charge in [-0.1, -0.05) is 24.1 Å². The number of benzene rings is 1. The molecule has 0 aliphatic heterocycles. The molecule has 2 atom stereocenters. The lowest BCUT2D eigenvalue weighted by Crippen LogP contribution is -2.51. The SMILES string of the molecule is COC(=O)C(C(=O)OC)[C@@H](C)[C@H](NC(=O)c1cc(C)cc(C)c1)C(=O)OC. The van der Waals surface area contributed by atoms with Crippen LogP contribution < -0.4 is 5.32 Å². The van der Waals surface area contributed by atoms with Crippen LogP contribution in [0.2, 0.25) is 0 Å². The van der Waals surface area contributed by atoms with Gasteiger partial charge < -0.3 is 19.5 Å². The summed E-state index contributed by atoms with van der Waals surface area (Å²) in [6.45, 7) is 5.14. The highest BCUT2D eigenvalue weighted by molar-refractivity contribution is 5.99. The first-order valence-corrected chi connectivity index (χ1v) is 8.28. The number of rotatable bonds is 7. The van der Waals surface area contributed by atoms with Crippen molar-refractivity contribution in [1.29, 1.82) is 0 Å². The summed E-state index contributed by atoms with van der Waals surface area (Å²) in [4.78, 5) is 48.9. The molecule has 1 N–H and O–H groups in total. The lowest BCUT2D eigenvalue weighted by atomic mass is 9.87. The Balaban J connectivity index is 3.20. The van der Waals surface area contributed by atoms with Crippen LogP contribution in [0.15, 0.2) is 18.2 Å². The summed E-state index contributed by atoms with van der Waals surface area (Å²) in [7, 11) is 3.38. The normalized spacial score (nSPS) is 12.7. The molecule has 1 amide bonds. The standard InChI is InChI=1S/C19H25NO7/c1-10-7-11(2)9-13(8-10)16(21)20-15(19(24)27-6)12(3)14(17(22)25-4)18(23)26-5/h7-9,12,14-15H,1-6H3,(H,20,21)/t12-,15+/m1/s1. The van der Waals surface area contributed by atoms with Gasteiger partial charge in [0, 0.05) is 11.5 Å². The van der Waals surface area contributed by atoms with Gasteiger partial charge in [0.15, 0.2) is 5.92 Å². The van der Waals surface area contributed by atoms with Crippen molar-refractivity contribution in [2.75, 3.05) is 21.3 Å². The van der Waals surface area contributed by atoms with E-state index in [9.17, 15) is 19.2 Å². The molecule has 148 valence electrons. The summed E-state index contributed by atoms with van der Waals surface area (Å²) >= 11 is 0. The summed E-state index contributed by atoms with van der Waals surface area (Å²) in [6, 6.07) is 3.98. The Hall–Kier alpha value is -2.90. The molecule has 0 spiro atoms. The average molecular weight is 379 g/mol. The fourth-order valence-corrected chi connectivity index (χ4v) is 2.83. The Morgan fingerprint density at radius 2 is 1.26 bits per heavy atom. The lowest BCUT2D eigenvalue weighted by Gasteiger charge is -2.27. The molecule has 0 fully saturated rings. The zero-order chi connectivity index (χ0) is 20.7. The van der Waals surface area contributed by atoms with Gasteiger partial charge in [-0.25, -0.2) is 4.79 Å². The lowest BCUT2D eigenvalue weighted by molar-refractivity contribution is -0.162. The minimum Gasteiger partial charge on any atom is -0.468 e. The Bertz CT molecular complexity index is 693. The van der Waals surface area contributed by atoms with E-state index in [1.54, 1.807) is 12.1 Å². The number of methoxy groups -OCH3 is 3. The predicted octanol–water partition coefficient (Wildman–Crippen LogP) is 1.17. The topological polar surface area (TPSA) is 108 Å². The first-order valence-electron chi connectivity index (χ1n) is 8.28. The van der Waals surface area contributed by atoms with Gasteiger partial charge in [-0.15, -0.1) is 0 Å². The number of ether oxygens (including phenoxy) is 3. The highest BCUT2D eigenvalue weighted by Gasteiger charge is 2.42. The summed E-state index contributed by atoms with van der Waals surface area (Å²) in [6.07, 6.45) is 0. The number of amides is 1. The fraction of sp³-hybridized carbons (Fsp3) is 0.474. The van der Waals surface area contributed by atoms with Gasteiger partial charge in [-0.2, -0.15) is 0 Å². The van der Waals surface area contributed by atoms with E-state index in [0.29, 0.717) is 5.56 Å². The van der Waals surface area contributed by atoms with E-state index in [4.69, 9.17) is 4.74 Å². The van der Waals surface area contributed by atoms with E-state index in [0.717, 1.165) is 32.5 Å². The maximum absolute atomic E-state index is 12.6. The third-order valence-corrected chi connectivity index (χ3v) is 4.19. The molecule has 0 bridgehead atoms. The summed E-state index contributed by atoms with van der Waals surface area (Å²) in [5.74, 6) is -5.43. The van der Waals surface area contributed by atoms with Crippen LogP contribution in [0, 0.1) is 25.7 Å². The quantitative estimate of drug-likeness (QED) is 0.430. The van der Waals surface area contributed by atoms with E-state index in [1.807, 2.05) is 19.9 Å². The van der Waals surface area contributed by atoms with Crippen molar-refractivity contribution in [2.45, 2.75) is 26.8 Å². The van der Waals surface area contributed by atoms with Gasteiger partial charge in [-0.3, -0.25) is 14.4 Å². The predicted molar refractivity (Wildman–Crippen MR) is 95.9 cm³/mol. The molecule has 1 aromatic carbocycles. The van der Waals surface area contributed by atoms with Gasteiger partial charge in [0.05, 0.1) is 21.3 Å². The molecule has 1 aromatic rings. The second-order valence-corrected chi connectivity index (χ2v) is 6.23. The largest absolute Gasteiger partial charge is 0.468 e. The monoisotopic (exact) mass is 379 g/mol. The fourth-order valence-electron chi connectivity index (χ4n) is 2.83. The minimum atomic E-state index is -1.40. The van der Waals surface area contributed by atoms with Gasteiger partial charge in [0.25, 0.3) is 5.91 Å². The van der Waals surface area contributed by atoms with E-state index in [-0.39, 0.29) is 0 Å². The number of hydrogen-bond donors (Lipinski definition) is 1. The van der Waals surface area contributed by atoms with E-state index in [2.05, 4.69) is 14.8 Å². The van der Waals surface area contributed by atoms with Gasteiger partial charge in [0.2, 0.25) is 0 Å². The molecule has 0 aromatic heterocycles. The molecular formula is C19H25NO7. The average Bonchev–Trinajstić information content (AvgIpc) is 2.63. The second kappa shape index (κ2) is 9.70. The van der Waals surface area contributed by atoms with E-state index in [1.165, 1.54) is 6.92 Å². The zero-order valence-electron chi connectivity index (χ0n) is 16.3. The van der Waals surface area contributed by atoms with Crippen molar-refractivity contribution >= 4 is 23.8 Å². The summed E-state index contributed by atoms with van der Waals surface area (Å²) in [5.41, 5.74) is 2.11. The smallest absolute Gasteiger partial charge is 0.328 e. The molecule has 0 aliphatic rings. The van der Waals surface area contributed by atoms with Crippen LogP contribution >= 0.6 is 0 Å². The van der Waals surface area contributed by atoms with Crippen molar-refractivity contribution in [3.8, 4) is 0 Å². The molecule has 8 heteroatoms. The van der Waals surface area contributed by atoms with Crippen molar-refractivity contribution < 1.29 is 33.4 Å². The van der Waals surface area contributed by atoms with Crippen molar-refractivity contribution in [3.05, 3.63) is 34.9 Å². The van der Waals surface area contributed by atoms with Gasteiger partial charge >= 0.3 is 17.9 Å².